The first-order valence-corrected chi connectivity index (χ1v) is 4.42. The zero-order valence-corrected chi connectivity index (χ0v) is 8.70. The molecule has 74 valence electrons. The van der Waals surface area contributed by atoms with Gasteiger partial charge in [0.1, 0.15) is 0 Å². The number of hydrogen-bond acceptors (Lipinski definition) is 4. The molecule has 0 atom stereocenters. The molecule has 0 aromatic carbocycles. The van der Waals surface area contributed by atoms with Crippen molar-refractivity contribution in [3.63, 3.8) is 0 Å². The van der Waals surface area contributed by atoms with E-state index in [1.54, 1.807) is 0 Å². The molecule has 0 aliphatic heterocycles. The maximum absolute atomic E-state index is 3.94. The number of nitrogens with zero attached hydrogens (tertiary/aromatic N) is 4. The number of hydrogen-bond donors (Lipinski definition) is 1. The lowest BCUT2D eigenvalue weighted by molar-refractivity contribution is 0.314. The fraction of sp³-hybridized carbons (Fsp3) is 0.875. The van der Waals surface area contributed by atoms with Crippen LogP contribution in [-0.4, -0.2) is 27.3 Å². The second-order valence-electron chi connectivity index (χ2n) is 4.34. The predicted molar refractivity (Wildman–Crippen MR) is 50.0 cm³/mol. The topological polar surface area (TPSA) is 55.6 Å². The van der Waals surface area contributed by atoms with Crippen LogP contribution in [0.2, 0.25) is 0 Å². The zero-order valence-electron chi connectivity index (χ0n) is 8.70. The van der Waals surface area contributed by atoms with E-state index in [1.165, 1.54) is 0 Å². The fourth-order valence-electron chi connectivity index (χ4n) is 1.08. The number of tetrazole rings is 1. The molecule has 0 radical (unpaired) electrons. The Balaban J connectivity index is 2.70. The summed E-state index contributed by atoms with van der Waals surface area (Å²) in [6, 6.07) is 0. The Hall–Kier alpha value is -0.970. The van der Waals surface area contributed by atoms with Crippen molar-refractivity contribution >= 4 is 0 Å². The Morgan fingerprint density at radius 2 is 2.08 bits per heavy atom. The minimum absolute atomic E-state index is 0.206. The normalized spacial score (nSPS) is 12.0. The Labute approximate surface area is 78.5 Å². The fourth-order valence-corrected chi connectivity index (χ4v) is 1.08. The summed E-state index contributed by atoms with van der Waals surface area (Å²) in [7, 11) is 1.89. The van der Waals surface area contributed by atoms with Crippen LogP contribution in [0.5, 0.6) is 0 Å². The van der Waals surface area contributed by atoms with Crippen molar-refractivity contribution < 1.29 is 0 Å². The third-order valence-corrected chi connectivity index (χ3v) is 1.57. The van der Waals surface area contributed by atoms with Gasteiger partial charge in [0.2, 0.25) is 0 Å². The van der Waals surface area contributed by atoms with Gasteiger partial charge in [-0.25, -0.2) is 4.68 Å². The first-order valence-electron chi connectivity index (χ1n) is 4.42. The zero-order chi connectivity index (χ0) is 9.90. The summed E-state index contributed by atoms with van der Waals surface area (Å²) >= 11 is 0. The molecule has 1 rings (SSSR count). The first-order chi connectivity index (χ1) is 6.03. The van der Waals surface area contributed by atoms with Gasteiger partial charge >= 0.3 is 0 Å². The molecule has 5 nitrogen and oxygen atoms in total. The van der Waals surface area contributed by atoms with Gasteiger partial charge in [-0.3, -0.25) is 0 Å². The minimum Gasteiger partial charge on any atom is -0.313 e. The molecule has 0 aliphatic carbocycles. The average molecular weight is 183 g/mol. The first kappa shape index (κ1) is 10.1. The van der Waals surface area contributed by atoms with E-state index in [-0.39, 0.29) is 5.41 Å². The smallest absolute Gasteiger partial charge is 0.165 e. The number of aromatic nitrogens is 4. The second kappa shape index (κ2) is 3.83. The summed E-state index contributed by atoms with van der Waals surface area (Å²) in [5.74, 6) is 0.887. The summed E-state index contributed by atoms with van der Waals surface area (Å²) in [6.07, 6.45) is 0. The van der Waals surface area contributed by atoms with Gasteiger partial charge in [0.25, 0.3) is 0 Å². The summed E-state index contributed by atoms with van der Waals surface area (Å²) in [5, 5.41) is 14.5. The van der Waals surface area contributed by atoms with Crippen LogP contribution in [-0.2, 0) is 13.1 Å². The molecule has 0 unspecified atom stereocenters. The van der Waals surface area contributed by atoms with Crippen LogP contribution in [0.1, 0.15) is 26.6 Å². The molecule has 0 bridgehead atoms. The van der Waals surface area contributed by atoms with Crippen molar-refractivity contribution in [2.24, 2.45) is 5.41 Å². The van der Waals surface area contributed by atoms with Gasteiger partial charge in [0.15, 0.2) is 5.82 Å². The van der Waals surface area contributed by atoms with Gasteiger partial charge in [0, 0.05) is 6.54 Å². The van der Waals surface area contributed by atoms with Gasteiger partial charge in [0.05, 0.1) is 6.54 Å². The molecule has 0 fully saturated rings. The van der Waals surface area contributed by atoms with E-state index >= 15 is 0 Å². The van der Waals surface area contributed by atoms with Gasteiger partial charge in [-0.05, 0) is 22.9 Å². The molecule has 13 heavy (non-hydrogen) atoms. The highest BCUT2D eigenvalue weighted by atomic mass is 15.5. The van der Waals surface area contributed by atoms with Gasteiger partial charge in [-0.2, -0.15) is 0 Å². The van der Waals surface area contributed by atoms with Crippen LogP contribution in [0.4, 0.5) is 0 Å². The van der Waals surface area contributed by atoms with Crippen LogP contribution in [0.3, 0.4) is 0 Å². The SMILES string of the molecule is CNCc1nnnn1CC(C)(C)C. The van der Waals surface area contributed by atoms with E-state index < -0.39 is 0 Å². The largest absolute Gasteiger partial charge is 0.313 e. The highest BCUT2D eigenvalue weighted by Gasteiger charge is 2.14. The van der Waals surface area contributed by atoms with Crippen molar-refractivity contribution in [1.82, 2.24) is 25.5 Å². The van der Waals surface area contributed by atoms with E-state index in [0.717, 1.165) is 12.4 Å². The van der Waals surface area contributed by atoms with Crippen LogP contribution in [0.25, 0.3) is 0 Å². The lowest BCUT2D eigenvalue weighted by Crippen LogP contribution is -2.21. The van der Waals surface area contributed by atoms with Crippen LogP contribution in [0.15, 0.2) is 0 Å². The lowest BCUT2D eigenvalue weighted by Gasteiger charge is -2.18. The molecular formula is C8H17N5. The van der Waals surface area contributed by atoms with Crippen molar-refractivity contribution in [1.29, 1.82) is 0 Å². The third kappa shape index (κ3) is 3.10. The molecule has 1 aromatic rings. The average Bonchev–Trinajstić information content (AvgIpc) is 2.34. The van der Waals surface area contributed by atoms with Crippen LogP contribution >= 0.6 is 0 Å². The monoisotopic (exact) mass is 183 g/mol. The maximum Gasteiger partial charge on any atom is 0.165 e. The van der Waals surface area contributed by atoms with Crippen molar-refractivity contribution in [2.75, 3.05) is 7.05 Å². The van der Waals surface area contributed by atoms with Crippen LogP contribution < -0.4 is 5.32 Å². The molecule has 0 spiro atoms. The van der Waals surface area contributed by atoms with Gasteiger partial charge < -0.3 is 5.32 Å². The lowest BCUT2D eigenvalue weighted by atomic mass is 9.97. The van der Waals surface area contributed by atoms with E-state index in [9.17, 15) is 0 Å². The predicted octanol–water partition coefficient (Wildman–Crippen LogP) is 0.439. The van der Waals surface area contributed by atoms with Crippen molar-refractivity contribution in [2.45, 2.75) is 33.9 Å². The van der Waals surface area contributed by atoms with E-state index in [0.29, 0.717) is 6.54 Å². The molecule has 0 aliphatic rings. The molecule has 1 heterocycles. The summed E-state index contributed by atoms with van der Waals surface area (Å²) in [5.41, 5.74) is 0.206. The standard InChI is InChI=1S/C8H17N5/c1-8(2,3)6-13-7(5-9-4)10-11-12-13/h9H,5-6H2,1-4H3. The molecule has 5 heteroatoms. The van der Waals surface area contributed by atoms with Gasteiger partial charge in [-0.1, -0.05) is 20.8 Å². The van der Waals surface area contributed by atoms with E-state index in [2.05, 4.69) is 41.6 Å². The highest BCUT2D eigenvalue weighted by molar-refractivity contribution is 4.80. The van der Waals surface area contributed by atoms with Crippen LogP contribution in [0, 0.1) is 5.41 Å². The third-order valence-electron chi connectivity index (χ3n) is 1.57. The summed E-state index contributed by atoms with van der Waals surface area (Å²) in [4.78, 5) is 0. The van der Waals surface area contributed by atoms with Crippen molar-refractivity contribution in [3.05, 3.63) is 5.82 Å². The maximum atomic E-state index is 3.94. The molecule has 0 amide bonds. The molecule has 1 aromatic heterocycles. The molecule has 0 saturated carbocycles. The van der Waals surface area contributed by atoms with E-state index in [1.807, 2.05) is 11.7 Å². The Morgan fingerprint density at radius 3 is 2.62 bits per heavy atom. The molecule has 1 N–H and O–H groups in total. The molecule has 0 saturated heterocycles. The summed E-state index contributed by atoms with van der Waals surface area (Å²) < 4.78 is 1.84. The highest BCUT2D eigenvalue weighted by Crippen LogP contribution is 2.15. The van der Waals surface area contributed by atoms with Crippen molar-refractivity contribution in [3.8, 4) is 0 Å². The Kier molecular flexibility index (Phi) is 2.98. The quantitative estimate of drug-likeness (QED) is 0.738. The van der Waals surface area contributed by atoms with E-state index in [4.69, 9.17) is 0 Å². The summed E-state index contributed by atoms with van der Waals surface area (Å²) in [6.45, 7) is 8.05. The minimum atomic E-state index is 0.206. The van der Waals surface area contributed by atoms with Gasteiger partial charge in [-0.15, -0.1) is 5.10 Å². The Morgan fingerprint density at radius 1 is 1.38 bits per heavy atom. The number of nitrogens with one attached hydrogen (secondary N) is 1. The second-order valence-corrected chi connectivity index (χ2v) is 4.34. The molecular weight excluding hydrogens is 166 g/mol. The Bertz CT molecular complexity index is 260. The number of rotatable bonds is 3.